The van der Waals surface area contributed by atoms with Gasteiger partial charge in [0.25, 0.3) is 0 Å². The molecule has 20 heavy (non-hydrogen) atoms. The van der Waals surface area contributed by atoms with Crippen LogP contribution in [0.25, 0.3) is 0 Å². The summed E-state index contributed by atoms with van der Waals surface area (Å²) in [5, 5.41) is 0. The van der Waals surface area contributed by atoms with E-state index in [2.05, 4.69) is 15.4 Å². The summed E-state index contributed by atoms with van der Waals surface area (Å²) in [7, 11) is -2.53. The van der Waals surface area contributed by atoms with Crippen LogP contribution >= 0.6 is 0 Å². The monoisotopic (exact) mass is 295 g/mol. The fourth-order valence-electron chi connectivity index (χ4n) is 1.62. The SMILES string of the molecule is C#CCCCCNS(=O)(=O)c1ccccc1C(=O)OC. The summed E-state index contributed by atoms with van der Waals surface area (Å²) >= 11 is 0. The van der Waals surface area contributed by atoms with Crippen molar-refractivity contribution in [1.29, 1.82) is 0 Å². The first-order chi connectivity index (χ1) is 9.53. The van der Waals surface area contributed by atoms with Gasteiger partial charge in [0.05, 0.1) is 17.6 Å². The van der Waals surface area contributed by atoms with Gasteiger partial charge in [-0.1, -0.05) is 12.1 Å². The number of hydrogen-bond donors (Lipinski definition) is 1. The fraction of sp³-hybridized carbons (Fsp3) is 0.357. The molecule has 0 aliphatic carbocycles. The number of ether oxygens (including phenoxy) is 1. The van der Waals surface area contributed by atoms with E-state index < -0.39 is 16.0 Å². The molecule has 0 amide bonds. The van der Waals surface area contributed by atoms with Crippen LogP contribution in [0.1, 0.15) is 29.6 Å². The van der Waals surface area contributed by atoms with Gasteiger partial charge in [0.2, 0.25) is 10.0 Å². The Morgan fingerprint density at radius 3 is 2.70 bits per heavy atom. The van der Waals surface area contributed by atoms with E-state index >= 15 is 0 Å². The highest BCUT2D eigenvalue weighted by molar-refractivity contribution is 7.89. The number of benzene rings is 1. The number of methoxy groups -OCH3 is 1. The average Bonchev–Trinajstić information content (AvgIpc) is 2.46. The summed E-state index contributed by atoms with van der Waals surface area (Å²) in [4.78, 5) is 11.5. The second-order valence-electron chi connectivity index (χ2n) is 4.05. The van der Waals surface area contributed by atoms with E-state index in [0.29, 0.717) is 12.8 Å². The first-order valence-corrected chi connectivity index (χ1v) is 7.61. The summed E-state index contributed by atoms with van der Waals surface area (Å²) in [6, 6.07) is 5.92. The average molecular weight is 295 g/mol. The molecule has 0 aliphatic rings. The van der Waals surface area contributed by atoms with Crippen LogP contribution in [0.2, 0.25) is 0 Å². The van der Waals surface area contributed by atoms with Gasteiger partial charge in [0.1, 0.15) is 0 Å². The molecule has 1 aromatic carbocycles. The van der Waals surface area contributed by atoms with Crippen LogP contribution in [-0.2, 0) is 14.8 Å². The molecular formula is C14H17NO4S. The number of nitrogens with one attached hydrogen (secondary N) is 1. The van der Waals surface area contributed by atoms with Gasteiger partial charge in [-0.15, -0.1) is 12.3 Å². The molecule has 0 saturated heterocycles. The summed E-state index contributed by atoms with van der Waals surface area (Å²) in [6.45, 7) is 0.277. The van der Waals surface area contributed by atoms with E-state index in [1.165, 1.54) is 19.2 Å². The third kappa shape index (κ3) is 4.37. The molecule has 0 aromatic heterocycles. The maximum atomic E-state index is 12.1. The standard InChI is InChI=1S/C14H17NO4S/c1-3-4-5-8-11-15-20(17,18)13-10-7-6-9-12(13)14(16)19-2/h1,6-7,9-10,15H,4-5,8,11H2,2H3. The zero-order valence-corrected chi connectivity index (χ0v) is 12.1. The molecule has 6 heteroatoms. The normalized spacial score (nSPS) is 10.8. The van der Waals surface area contributed by atoms with Crippen LogP contribution in [0.5, 0.6) is 0 Å². The Morgan fingerprint density at radius 2 is 2.05 bits per heavy atom. The van der Waals surface area contributed by atoms with Gasteiger partial charge in [-0.2, -0.15) is 0 Å². The zero-order chi connectivity index (χ0) is 15.0. The van der Waals surface area contributed by atoms with Gasteiger partial charge in [-0.25, -0.2) is 17.9 Å². The van der Waals surface area contributed by atoms with Crippen molar-refractivity contribution in [2.75, 3.05) is 13.7 Å². The molecule has 0 aliphatic heterocycles. The van der Waals surface area contributed by atoms with Crippen molar-refractivity contribution in [2.45, 2.75) is 24.2 Å². The van der Waals surface area contributed by atoms with Crippen molar-refractivity contribution in [2.24, 2.45) is 0 Å². The molecule has 0 spiro atoms. The number of carbonyl (C=O) groups excluding carboxylic acids is 1. The van der Waals surface area contributed by atoms with E-state index in [1.807, 2.05) is 0 Å². The molecule has 0 fully saturated rings. The fourth-order valence-corrected chi connectivity index (χ4v) is 2.88. The number of esters is 1. The Bertz CT molecular complexity index is 602. The van der Waals surface area contributed by atoms with Crippen LogP contribution in [0.4, 0.5) is 0 Å². The molecule has 1 N–H and O–H groups in total. The van der Waals surface area contributed by atoms with Gasteiger partial charge in [-0.05, 0) is 25.0 Å². The highest BCUT2D eigenvalue weighted by Crippen LogP contribution is 2.16. The Balaban J connectivity index is 2.83. The molecular weight excluding hydrogens is 278 g/mol. The molecule has 0 saturated carbocycles. The quantitative estimate of drug-likeness (QED) is 0.470. The number of hydrogen-bond acceptors (Lipinski definition) is 4. The third-order valence-electron chi connectivity index (χ3n) is 2.62. The summed E-state index contributed by atoms with van der Waals surface area (Å²) in [6.07, 6.45) is 7.12. The van der Waals surface area contributed by atoms with E-state index in [1.54, 1.807) is 12.1 Å². The topological polar surface area (TPSA) is 72.5 Å². The number of terminal acetylenes is 1. The lowest BCUT2D eigenvalue weighted by Crippen LogP contribution is -2.26. The van der Waals surface area contributed by atoms with Gasteiger partial charge in [-0.3, -0.25) is 0 Å². The highest BCUT2D eigenvalue weighted by atomic mass is 32.2. The molecule has 108 valence electrons. The molecule has 5 nitrogen and oxygen atoms in total. The van der Waals surface area contributed by atoms with Crippen LogP contribution in [-0.4, -0.2) is 28.0 Å². The number of sulfonamides is 1. The molecule has 1 aromatic rings. The van der Waals surface area contributed by atoms with Crippen molar-refractivity contribution >= 4 is 16.0 Å². The van der Waals surface area contributed by atoms with Gasteiger partial charge in [0.15, 0.2) is 0 Å². The molecule has 0 unspecified atom stereocenters. The summed E-state index contributed by atoms with van der Waals surface area (Å²) in [5.41, 5.74) is 0.0196. The van der Waals surface area contributed by atoms with Crippen LogP contribution in [0, 0.1) is 12.3 Å². The first kappa shape index (κ1) is 16.2. The smallest absolute Gasteiger partial charge is 0.339 e. The Morgan fingerprint density at radius 1 is 1.35 bits per heavy atom. The van der Waals surface area contributed by atoms with Crippen molar-refractivity contribution in [1.82, 2.24) is 4.72 Å². The van der Waals surface area contributed by atoms with Crippen LogP contribution in [0.15, 0.2) is 29.2 Å². The number of rotatable bonds is 7. The maximum absolute atomic E-state index is 12.1. The molecule has 0 atom stereocenters. The lowest BCUT2D eigenvalue weighted by Gasteiger charge is -2.09. The van der Waals surface area contributed by atoms with E-state index in [0.717, 1.165) is 6.42 Å². The van der Waals surface area contributed by atoms with Crippen LogP contribution in [0.3, 0.4) is 0 Å². The second kappa shape index (κ2) is 7.68. The van der Waals surface area contributed by atoms with Gasteiger partial charge < -0.3 is 4.74 Å². The highest BCUT2D eigenvalue weighted by Gasteiger charge is 2.21. The minimum absolute atomic E-state index is 0.0196. The first-order valence-electron chi connectivity index (χ1n) is 6.13. The number of carbonyl (C=O) groups is 1. The number of unbranched alkanes of at least 4 members (excludes halogenated alkanes) is 2. The van der Waals surface area contributed by atoms with E-state index in [4.69, 9.17) is 6.42 Å². The van der Waals surface area contributed by atoms with Crippen LogP contribution < -0.4 is 4.72 Å². The second-order valence-corrected chi connectivity index (χ2v) is 5.78. The summed E-state index contributed by atoms with van der Waals surface area (Å²) < 4.78 is 31.3. The molecule has 1 rings (SSSR count). The minimum Gasteiger partial charge on any atom is -0.465 e. The van der Waals surface area contributed by atoms with Crippen molar-refractivity contribution in [3.63, 3.8) is 0 Å². The third-order valence-corrected chi connectivity index (χ3v) is 4.14. The maximum Gasteiger partial charge on any atom is 0.339 e. The van der Waals surface area contributed by atoms with Crippen molar-refractivity contribution in [3.05, 3.63) is 29.8 Å². The Hall–Kier alpha value is -1.84. The lowest BCUT2D eigenvalue weighted by atomic mass is 10.2. The predicted molar refractivity (Wildman–Crippen MR) is 75.7 cm³/mol. The lowest BCUT2D eigenvalue weighted by molar-refractivity contribution is 0.0596. The largest absolute Gasteiger partial charge is 0.465 e. The zero-order valence-electron chi connectivity index (χ0n) is 11.3. The van der Waals surface area contributed by atoms with Gasteiger partial charge in [0, 0.05) is 13.0 Å². The van der Waals surface area contributed by atoms with Crippen molar-refractivity contribution in [3.8, 4) is 12.3 Å². The van der Waals surface area contributed by atoms with E-state index in [-0.39, 0.29) is 17.0 Å². The van der Waals surface area contributed by atoms with Crippen molar-refractivity contribution < 1.29 is 17.9 Å². The molecule has 0 heterocycles. The van der Waals surface area contributed by atoms with E-state index in [9.17, 15) is 13.2 Å². The molecule has 0 bridgehead atoms. The Labute approximate surface area is 119 Å². The predicted octanol–water partition coefficient (Wildman–Crippen LogP) is 1.55. The molecule has 0 radical (unpaired) electrons. The summed E-state index contributed by atoms with van der Waals surface area (Å²) in [5.74, 6) is 1.81. The minimum atomic E-state index is -3.74. The Kier molecular flexibility index (Phi) is 6.22. The van der Waals surface area contributed by atoms with Gasteiger partial charge >= 0.3 is 5.97 Å².